The molecule has 0 aliphatic carbocycles. The fraction of sp³-hybridized carbons (Fsp3) is 0.273. The number of benzene rings is 1. The van der Waals surface area contributed by atoms with Gasteiger partial charge in [0.15, 0.2) is 0 Å². The maximum absolute atomic E-state index is 11.4. The van der Waals surface area contributed by atoms with Crippen LogP contribution >= 0.6 is 0 Å². The largest absolute Gasteiger partial charge is 0.490 e. The Morgan fingerprint density at radius 2 is 2.19 bits per heavy atom. The number of aromatic carboxylic acids is 1. The molecule has 1 heterocycles. The standard InChI is InChI=1S/C11H11NO4/c1-7(13)12-5-6-16-9-4-2-3-8(10(9)12)11(14)15/h2-4H,5-6H2,1H3,(H,14,15). The molecule has 0 fully saturated rings. The van der Waals surface area contributed by atoms with Crippen LogP contribution < -0.4 is 9.64 Å². The minimum atomic E-state index is -1.06. The Kier molecular flexibility index (Phi) is 2.52. The van der Waals surface area contributed by atoms with Crippen LogP contribution in [0, 0.1) is 0 Å². The number of amides is 1. The molecule has 0 saturated heterocycles. The SMILES string of the molecule is CC(=O)N1CCOc2cccc(C(=O)O)c21. The molecule has 1 aliphatic heterocycles. The molecule has 0 bridgehead atoms. The summed E-state index contributed by atoms with van der Waals surface area (Å²) in [7, 11) is 0. The number of nitrogens with zero attached hydrogens (tertiary/aromatic N) is 1. The first-order valence-corrected chi connectivity index (χ1v) is 4.88. The van der Waals surface area contributed by atoms with Gasteiger partial charge in [-0.05, 0) is 12.1 Å². The van der Waals surface area contributed by atoms with E-state index in [9.17, 15) is 9.59 Å². The summed E-state index contributed by atoms with van der Waals surface area (Å²) in [6.45, 7) is 2.18. The van der Waals surface area contributed by atoms with Gasteiger partial charge in [-0.3, -0.25) is 4.79 Å². The Balaban J connectivity index is 2.59. The second-order valence-electron chi connectivity index (χ2n) is 3.48. The zero-order valence-corrected chi connectivity index (χ0v) is 8.77. The van der Waals surface area contributed by atoms with Gasteiger partial charge in [0.25, 0.3) is 0 Å². The first kappa shape index (κ1) is 10.5. The van der Waals surface area contributed by atoms with Crippen molar-refractivity contribution in [2.75, 3.05) is 18.1 Å². The molecule has 0 spiro atoms. The zero-order chi connectivity index (χ0) is 11.7. The summed E-state index contributed by atoms with van der Waals surface area (Å²) in [6, 6.07) is 4.73. The fourth-order valence-corrected chi connectivity index (χ4v) is 1.76. The molecule has 1 amide bonds. The van der Waals surface area contributed by atoms with E-state index < -0.39 is 5.97 Å². The van der Waals surface area contributed by atoms with Gasteiger partial charge >= 0.3 is 5.97 Å². The number of ether oxygens (including phenoxy) is 1. The number of hydrogen-bond donors (Lipinski definition) is 1. The molecule has 1 N–H and O–H groups in total. The minimum absolute atomic E-state index is 0.0902. The highest BCUT2D eigenvalue weighted by Crippen LogP contribution is 2.34. The maximum Gasteiger partial charge on any atom is 0.337 e. The van der Waals surface area contributed by atoms with Crippen LogP contribution in [-0.4, -0.2) is 30.1 Å². The maximum atomic E-state index is 11.4. The summed E-state index contributed by atoms with van der Waals surface area (Å²) < 4.78 is 5.34. The van der Waals surface area contributed by atoms with Crippen LogP contribution in [0.25, 0.3) is 0 Å². The van der Waals surface area contributed by atoms with Crippen LogP contribution in [0.2, 0.25) is 0 Å². The van der Waals surface area contributed by atoms with Gasteiger partial charge in [-0.1, -0.05) is 6.07 Å². The van der Waals surface area contributed by atoms with Crippen molar-refractivity contribution in [3.8, 4) is 5.75 Å². The summed E-state index contributed by atoms with van der Waals surface area (Å²) in [5.41, 5.74) is 0.446. The van der Waals surface area contributed by atoms with Crippen molar-refractivity contribution in [3.63, 3.8) is 0 Å². The minimum Gasteiger partial charge on any atom is -0.490 e. The van der Waals surface area contributed by atoms with E-state index in [4.69, 9.17) is 9.84 Å². The van der Waals surface area contributed by atoms with E-state index in [0.717, 1.165) is 0 Å². The van der Waals surface area contributed by atoms with Gasteiger partial charge in [-0.2, -0.15) is 0 Å². The molecular weight excluding hydrogens is 210 g/mol. The summed E-state index contributed by atoms with van der Waals surface area (Å²) in [4.78, 5) is 23.9. The first-order valence-electron chi connectivity index (χ1n) is 4.88. The average molecular weight is 221 g/mol. The number of carboxylic acid groups (broad SMARTS) is 1. The van der Waals surface area contributed by atoms with E-state index in [1.807, 2.05) is 0 Å². The highest BCUT2D eigenvalue weighted by molar-refractivity contribution is 6.03. The van der Waals surface area contributed by atoms with E-state index >= 15 is 0 Å². The van der Waals surface area contributed by atoms with Crippen molar-refractivity contribution in [2.45, 2.75) is 6.92 Å². The molecule has 16 heavy (non-hydrogen) atoms. The molecular formula is C11H11NO4. The van der Waals surface area contributed by atoms with Crippen molar-refractivity contribution >= 4 is 17.6 Å². The van der Waals surface area contributed by atoms with Gasteiger partial charge in [0.05, 0.1) is 12.1 Å². The first-order chi connectivity index (χ1) is 7.61. The van der Waals surface area contributed by atoms with E-state index in [2.05, 4.69) is 0 Å². The predicted molar refractivity (Wildman–Crippen MR) is 56.9 cm³/mol. The van der Waals surface area contributed by atoms with Gasteiger partial charge in [0.2, 0.25) is 5.91 Å². The topological polar surface area (TPSA) is 66.8 Å². The Morgan fingerprint density at radius 3 is 2.81 bits per heavy atom. The fourth-order valence-electron chi connectivity index (χ4n) is 1.76. The summed E-state index contributed by atoms with van der Waals surface area (Å²) in [5.74, 6) is -0.798. The van der Waals surface area contributed by atoms with Crippen LogP contribution in [-0.2, 0) is 4.79 Å². The van der Waals surface area contributed by atoms with Crippen LogP contribution in [0.4, 0.5) is 5.69 Å². The van der Waals surface area contributed by atoms with Crippen molar-refractivity contribution in [1.29, 1.82) is 0 Å². The lowest BCUT2D eigenvalue weighted by Gasteiger charge is -2.29. The van der Waals surface area contributed by atoms with E-state index in [1.54, 1.807) is 12.1 Å². The van der Waals surface area contributed by atoms with Gasteiger partial charge in [-0.15, -0.1) is 0 Å². The number of hydrogen-bond acceptors (Lipinski definition) is 3. The van der Waals surface area contributed by atoms with E-state index in [1.165, 1.54) is 17.9 Å². The smallest absolute Gasteiger partial charge is 0.337 e. The van der Waals surface area contributed by atoms with Crippen molar-refractivity contribution in [1.82, 2.24) is 0 Å². The van der Waals surface area contributed by atoms with Gasteiger partial charge in [0, 0.05) is 6.92 Å². The van der Waals surface area contributed by atoms with Crippen molar-refractivity contribution in [3.05, 3.63) is 23.8 Å². The molecule has 84 valence electrons. The highest BCUT2D eigenvalue weighted by atomic mass is 16.5. The predicted octanol–water partition coefficient (Wildman–Crippen LogP) is 1.13. The van der Waals surface area contributed by atoms with Gasteiger partial charge in [0.1, 0.15) is 18.0 Å². The second-order valence-corrected chi connectivity index (χ2v) is 3.48. The Labute approximate surface area is 92.2 Å². The molecule has 0 saturated carbocycles. The van der Waals surface area contributed by atoms with E-state index in [-0.39, 0.29) is 11.5 Å². The van der Waals surface area contributed by atoms with Crippen LogP contribution in [0.15, 0.2) is 18.2 Å². The summed E-state index contributed by atoms with van der Waals surface area (Å²) in [5, 5.41) is 9.05. The average Bonchev–Trinajstić information content (AvgIpc) is 2.27. The lowest BCUT2D eigenvalue weighted by atomic mass is 10.1. The Hall–Kier alpha value is -2.04. The van der Waals surface area contributed by atoms with Crippen LogP contribution in [0.5, 0.6) is 5.75 Å². The molecule has 5 nitrogen and oxygen atoms in total. The third-order valence-corrected chi connectivity index (χ3v) is 2.45. The number of para-hydroxylation sites is 1. The number of anilines is 1. The monoisotopic (exact) mass is 221 g/mol. The number of carboxylic acids is 1. The number of fused-ring (bicyclic) bond motifs is 1. The second kappa shape index (κ2) is 3.84. The third-order valence-electron chi connectivity index (χ3n) is 2.45. The molecule has 0 aromatic heterocycles. The molecule has 2 rings (SSSR count). The zero-order valence-electron chi connectivity index (χ0n) is 8.77. The van der Waals surface area contributed by atoms with Gasteiger partial charge in [-0.25, -0.2) is 4.79 Å². The lowest BCUT2D eigenvalue weighted by molar-refractivity contribution is -0.116. The third kappa shape index (κ3) is 1.60. The highest BCUT2D eigenvalue weighted by Gasteiger charge is 2.26. The van der Waals surface area contributed by atoms with E-state index in [0.29, 0.717) is 24.6 Å². The molecule has 5 heteroatoms. The molecule has 1 aliphatic rings. The normalized spacial score (nSPS) is 13.9. The van der Waals surface area contributed by atoms with Crippen LogP contribution in [0.3, 0.4) is 0 Å². The summed E-state index contributed by atoms with van der Waals surface area (Å²) >= 11 is 0. The van der Waals surface area contributed by atoms with Crippen LogP contribution in [0.1, 0.15) is 17.3 Å². The molecule has 1 aromatic carbocycles. The Bertz CT molecular complexity index is 455. The number of rotatable bonds is 1. The quantitative estimate of drug-likeness (QED) is 0.771. The lowest BCUT2D eigenvalue weighted by Crippen LogP contribution is -2.37. The molecule has 1 aromatic rings. The van der Waals surface area contributed by atoms with Gasteiger partial charge < -0.3 is 14.7 Å². The molecule has 0 atom stereocenters. The number of carbonyl (C=O) groups is 2. The van der Waals surface area contributed by atoms with Crippen molar-refractivity contribution in [2.24, 2.45) is 0 Å². The molecule has 0 unspecified atom stereocenters. The summed E-state index contributed by atoms with van der Waals surface area (Å²) in [6.07, 6.45) is 0. The Morgan fingerprint density at radius 1 is 1.44 bits per heavy atom. The number of carbonyl (C=O) groups excluding carboxylic acids is 1. The molecule has 0 radical (unpaired) electrons. The van der Waals surface area contributed by atoms with Crippen molar-refractivity contribution < 1.29 is 19.4 Å².